The maximum absolute atomic E-state index is 11.9. The van der Waals surface area contributed by atoms with Crippen LogP contribution in [-0.2, 0) is 17.8 Å². The van der Waals surface area contributed by atoms with E-state index in [0.717, 1.165) is 24.3 Å². The zero-order chi connectivity index (χ0) is 16.5. The number of aryl methyl sites for hydroxylation is 1. The standard InChI is InChI=1S/C19H25N3O/c1-22(15-16-7-3-2-4-8-16)14-13-21-19(23)12-11-17-9-5-6-10-18(17)20/h2-10H,11-15,20H2,1H3,(H,21,23). The number of nitrogens with two attached hydrogens (primary N) is 1. The third-order valence-corrected chi connectivity index (χ3v) is 3.79. The number of hydrogen-bond donors (Lipinski definition) is 2. The molecule has 0 saturated heterocycles. The monoisotopic (exact) mass is 311 g/mol. The molecule has 3 N–H and O–H groups in total. The average Bonchev–Trinajstić information content (AvgIpc) is 2.55. The number of carbonyl (C=O) groups excluding carboxylic acids is 1. The van der Waals surface area contributed by atoms with Crippen molar-refractivity contribution >= 4 is 11.6 Å². The van der Waals surface area contributed by atoms with E-state index in [1.165, 1.54) is 5.56 Å². The maximum Gasteiger partial charge on any atom is 0.220 e. The summed E-state index contributed by atoms with van der Waals surface area (Å²) in [5.41, 5.74) is 8.94. The third kappa shape index (κ3) is 6.12. The normalized spacial score (nSPS) is 10.7. The zero-order valence-electron chi connectivity index (χ0n) is 13.7. The van der Waals surface area contributed by atoms with E-state index >= 15 is 0 Å². The Kier molecular flexibility index (Phi) is 6.63. The summed E-state index contributed by atoms with van der Waals surface area (Å²) >= 11 is 0. The molecule has 4 nitrogen and oxygen atoms in total. The number of anilines is 1. The molecule has 0 heterocycles. The Hall–Kier alpha value is -2.33. The molecule has 0 bridgehead atoms. The molecule has 0 fully saturated rings. The van der Waals surface area contributed by atoms with E-state index in [9.17, 15) is 4.79 Å². The van der Waals surface area contributed by atoms with E-state index in [1.54, 1.807) is 0 Å². The number of rotatable bonds is 8. The van der Waals surface area contributed by atoms with Crippen LogP contribution in [0.3, 0.4) is 0 Å². The van der Waals surface area contributed by atoms with Crippen molar-refractivity contribution in [1.82, 2.24) is 10.2 Å². The van der Waals surface area contributed by atoms with Crippen LogP contribution in [0, 0.1) is 0 Å². The molecule has 0 aliphatic carbocycles. The number of hydrogen-bond acceptors (Lipinski definition) is 3. The molecule has 4 heteroatoms. The molecular weight excluding hydrogens is 286 g/mol. The first kappa shape index (κ1) is 17.0. The van der Waals surface area contributed by atoms with Gasteiger partial charge in [-0.1, -0.05) is 48.5 Å². The summed E-state index contributed by atoms with van der Waals surface area (Å²) in [5, 5.41) is 2.97. The topological polar surface area (TPSA) is 58.4 Å². The van der Waals surface area contributed by atoms with E-state index in [-0.39, 0.29) is 5.91 Å². The van der Waals surface area contributed by atoms with Gasteiger partial charge >= 0.3 is 0 Å². The van der Waals surface area contributed by atoms with Crippen LogP contribution in [0.25, 0.3) is 0 Å². The molecule has 0 aliphatic rings. The number of nitrogen functional groups attached to an aromatic ring is 1. The number of benzene rings is 2. The molecule has 0 aromatic heterocycles. The molecule has 0 spiro atoms. The van der Waals surface area contributed by atoms with E-state index in [4.69, 9.17) is 5.73 Å². The summed E-state index contributed by atoms with van der Waals surface area (Å²) in [4.78, 5) is 14.1. The van der Waals surface area contributed by atoms with Crippen molar-refractivity contribution in [3.63, 3.8) is 0 Å². The van der Waals surface area contributed by atoms with Crippen LogP contribution in [0.1, 0.15) is 17.5 Å². The Morgan fingerprint density at radius 2 is 1.78 bits per heavy atom. The number of carbonyl (C=O) groups is 1. The van der Waals surface area contributed by atoms with Gasteiger partial charge in [-0.3, -0.25) is 4.79 Å². The van der Waals surface area contributed by atoms with Crippen molar-refractivity contribution in [2.24, 2.45) is 0 Å². The third-order valence-electron chi connectivity index (χ3n) is 3.79. The van der Waals surface area contributed by atoms with Crippen LogP contribution in [0.4, 0.5) is 5.69 Å². The molecule has 2 rings (SSSR count). The van der Waals surface area contributed by atoms with Crippen LogP contribution in [-0.4, -0.2) is 30.9 Å². The largest absolute Gasteiger partial charge is 0.399 e. The summed E-state index contributed by atoms with van der Waals surface area (Å²) in [7, 11) is 2.06. The Morgan fingerprint density at radius 3 is 2.52 bits per heavy atom. The molecule has 2 aromatic rings. The first-order valence-corrected chi connectivity index (χ1v) is 7.97. The average molecular weight is 311 g/mol. The summed E-state index contributed by atoms with van der Waals surface area (Å²) in [6.07, 6.45) is 1.15. The highest BCUT2D eigenvalue weighted by molar-refractivity contribution is 5.76. The molecule has 122 valence electrons. The Bertz CT molecular complexity index is 613. The number of nitrogens with one attached hydrogen (secondary N) is 1. The summed E-state index contributed by atoms with van der Waals surface area (Å²) in [5.74, 6) is 0.0707. The Morgan fingerprint density at radius 1 is 1.09 bits per heavy atom. The van der Waals surface area contributed by atoms with Gasteiger partial charge in [0.05, 0.1) is 0 Å². The van der Waals surface area contributed by atoms with Crippen molar-refractivity contribution in [3.05, 3.63) is 65.7 Å². The summed E-state index contributed by atoms with van der Waals surface area (Å²) in [6, 6.07) is 18.0. The minimum atomic E-state index is 0.0707. The van der Waals surface area contributed by atoms with Gasteiger partial charge < -0.3 is 16.0 Å². The first-order valence-electron chi connectivity index (χ1n) is 7.97. The molecule has 2 aromatic carbocycles. The maximum atomic E-state index is 11.9. The van der Waals surface area contributed by atoms with E-state index in [0.29, 0.717) is 19.4 Å². The van der Waals surface area contributed by atoms with Gasteiger partial charge in [0.2, 0.25) is 5.91 Å². The Labute approximate surface area is 138 Å². The van der Waals surface area contributed by atoms with Gasteiger partial charge in [0.25, 0.3) is 0 Å². The fraction of sp³-hybridized carbons (Fsp3) is 0.316. The quantitative estimate of drug-likeness (QED) is 0.736. The second-order valence-electron chi connectivity index (χ2n) is 5.77. The van der Waals surface area contributed by atoms with Gasteiger partial charge in [-0.15, -0.1) is 0 Å². The molecule has 23 heavy (non-hydrogen) atoms. The lowest BCUT2D eigenvalue weighted by Crippen LogP contribution is -2.32. The van der Waals surface area contributed by atoms with Crippen molar-refractivity contribution in [2.45, 2.75) is 19.4 Å². The number of amides is 1. The zero-order valence-corrected chi connectivity index (χ0v) is 13.7. The second-order valence-corrected chi connectivity index (χ2v) is 5.77. The predicted octanol–water partition coefficient (Wildman–Crippen LogP) is 2.45. The highest BCUT2D eigenvalue weighted by Crippen LogP contribution is 2.12. The molecule has 1 amide bonds. The minimum absolute atomic E-state index is 0.0707. The number of para-hydroxylation sites is 1. The molecule has 0 aliphatic heterocycles. The first-order chi connectivity index (χ1) is 11.1. The van der Waals surface area contributed by atoms with Crippen LogP contribution >= 0.6 is 0 Å². The van der Waals surface area contributed by atoms with Crippen molar-refractivity contribution in [3.8, 4) is 0 Å². The lowest BCUT2D eigenvalue weighted by molar-refractivity contribution is -0.121. The summed E-state index contributed by atoms with van der Waals surface area (Å²) in [6.45, 7) is 2.37. The van der Waals surface area contributed by atoms with E-state index in [2.05, 4.69) is 29.4 Å². The fourth-order valence-electron chi connectivity index (χ4n) is 2.46. The van der Waals surface area contributed by atoms with Crippen LogP contribution in [0.2, 0.25) is 0 Å². The molecule has 0 atom stereocenters. The SMILES string of the molecule is CN(CCNC(=O)CCc1ccccc1N)Cc1ccccc1. The van der Waals surface area contributed by atoms with Gasteiger partial charge in [0.15, 0.2) is 0 Å². The van der Waals surface area contributed by atoms with E-state index < -0.39 is 0 Å². The highest BCUT2D eigenvalue weighted by Gasteiger charge is 2.05. The van der Waals surface area contributed by atoms with Crippen molar-refractivity contribution in [1.29, 1.82) is 0 Å². The molecular formula is C19H25N3O. The Balaban J connectivity index is 1.64. The lowest BCUT2D eigenvalue weighted by atomic mass is 10.1. The van der Waals surface area contributed by atoms with Gasteiger partial charge in [-0.05, 0) is 30.7 Å². The van der Waals surface area contributed by atoms with Crippen LogP contribution < -0.4 is 11.1 Å². The van der Waals surface area contributed by atoms with Crippen molar-refractivity contribution in [2.75, 3.05) is 25.9 Å². The van der Waals surface area contributed by atoms with Crippen molar-refractivity contribution < 1.29 is 4.79 Å². The second kappa shape index (κ2) is 8.96. The molecule has 0 unspecified atom stereocenters. The van der Waals surface area contributed by atoms with Crippen LogP contribution in [0.15, 0.2) is 54.6 Å². The highest BCUT2D eigenvalue weighted by atomic mass is 16.1. The fourth-order valence-corrected chi connectivity index (χ4v) is 2.46. The molecule has 0 saturated carbocycles. The number of likely N-dealkylation sites (N-methyl/N-ethyl adjacent to an activating group) is 1. The lowest BCUT2D eigenvalue weighted by Gasteiger charge is -2.17. The summed E-state index contributed by atoms with van der Waals surface area (Å²) < 4.78 is 0. The smallest absolute Gasteiger partial charge is 0.220 e. The van der Waals surface area contributed by atoms with Gasteiger partial charge in [-0.25, -0.2) is 0 Å². The molecule has 0 radical (unpaired) electrons. The van der Waals surface area contributed by atoms with E-state index in [1.807, 2.05) is 42.5 Å². The van der Waals surface area contributed by atoms with Gasteiger partial charge in [0.1, 0.15) is 0 Å². The van der Waals surface area contributed by atoms with Gasteiger partial charge in [-0.2, -0.15) is 0 Å². The predicted molar refractivity (Wildman–Crippen MR) is 95.0 cm³/mol. The minimum Gasteiger partial charge on any atom is -0.399 e. The number of nitrogens with zero attached hydrogens (tertiary/aromatic N) is 1. The van der Waals surface area contributed by atoms with Gasteiger partial charge in [0, 0.05) is 31.7 Å². The van der Waals surface area contributed by atoms with Crippen LogP contribution in [0.5, 0.6) is 0 Å².